The third-order valence-electron chi connectivity index (χ3n) is 4.21. The van der Waals surface area contributed by atoms with E-state index in [4.69, 9.17) is 21.4 Å². The highest BCUT2D eigenvalue weighted by Crippen LogP contribution is 2.41. The number of ether oxygens (including phenoxy) is 1. The summed E-state index contributed by atoms with van der Waals surface area (Å²) >= 11 is 6.73. The van der Waals surface area contributed by atoms with E-state index in [1.807, 2.05) is 26.8 Å². The summed E-state index contributed by atoms with van der Waals surface area (Å²) in [4.78, 5) is 23.0. The molecule has 8 heteroatoms. The summed E-state index contributed by atoms with van der Waals surface area (Å²) in [5.41, 5.74) is 1.43. The monoisotopic (exact) mass is 423 g/mol. The van der Waals surface area contributed by atoms with Crippen molar-refractivity contribution in [3.63, 3.8) is 0 Å². The molecule has 0 radical (unpaired) electrons. The molecule has 0 saturated heterocycles. The quantitative estimate of drug-likeness (QED) is 0.546. The van der Waals surface area contributed by atoms with Crippen molar-refractivity contribution in [2.75, 3.05) is 11.9 Å². The van der Waals surface area contributed by atoms with Crippen molar-refractivity contribution >= 4 is 40.4 Å². The van der Waals surface area contributed by atoms with Crippen LogP contribution in [-0.4, -0.2) is 34.0 Å². The molecule has 1 heterocycles. The highest BCUT2D eigenvalue weighted by atomic mass is 35.5. The van der Waals surface area contributed by atoms with Gasteiger partial charge in [0.2, 0.25) is 0 Å². The van der Waals surface area contributed by atoms with Crippen LogP contribution in [0.3, 0.4) is 0 Å². The maximum absolute atomic E-state index is 11.8. The Bertz CT molecular complexity index is 907. The minimum atomic E-state index is -1.14. The van der Waals surface area contributed by atoms with E-state index in [1.165, 1.54) is 0 Å². The third-order valence-corrected chi connectivity index (χ3v) is 4.58. The van der Waals surface area contributed by atoms with Gasteiger partial charge in [-0.2, -0.15) is 0 Å². The molecule has 7 nitrogen and oxygen atoms in total. The van der Waals surface area contributed by atoms with Crippen LogP contribution in [0.15, 0.2) is 18.2 Å². The Labute approximate surface area is 176 Å². The lowest BCUT2D eigenvalue weighted by atomic mass is 9.91. The minimum Gasteiger partial charge on any atom is -0.465 e. The number of fused-ring (bicyclic) bond motifs is 1. The Morgan fingerprint density at radius 2 is 1.83 bits per heavy atom. The van der Waals surface area contributed by atoms with E-state index < -0.39 is 17.8 Å². The van der Waals surface area contributed by atoms with E-state index in [2.05, 4.69) is 36.0 Å². The van der Waals surface area contributed by atoms with E-state index >= 15 is 0 Å². The first-order valence-electron chi connectivity index (χ1n) is 9.59. The molecule has 2 aromatic rings. The van der Waals surface area contributed by atoms with Crippen LogP contribution in [0.2, 0.25) is 5.02 Å². The van der Waals surface area contributed by atoms with E-state index in [1.54, 1.807) is 12.1 Å². The number of alkyl carbamates (subject to hydrolysis) is 1. The number of aromatic nitrogens is 1. The normalized spacial score (nSPS) is 12.1. The molecule has 160 valence electrons. The molecule has 1 aromatic carbocycles. The number of aryl methyl sites for hydroxylation is 1. The Hall–Kier alpha value is -2.41. The van der Waals surface area contributed by atoms with Crippen molar-refractivity contribution in [2.24, 2.45) is 0 Å². The molecule has 0 atom stereocenters. The minimum absolute atomic E-state index is 0.255. The molecule has 2 rings (SSSR count). The summed E-state index contributed by atoms with van der Waals surface area (Å²) in [5.74, 6) is 0. The fourth-order valence-electron chi connectivity index (χ4n) is 3.28. The molecular weight excluding hydrogens is 394 g/mol. The zero-order valence-electron chi connectivity index (χ0n) is 17.9. The van der Waals surface area contributed by atoms with Gasteiger partial charge in [0.05, 0.1) is 16.2 Å². The predicted octanol–water partition coefficient (Wildman–Crippen LogP) is 5.60. The summed E-state index contributed by atoms with van der Waals surface area (Å²) < 4.78 is 7.35. The van der Waals surface area contributed by atoms with Gasteiger partial charge in [-0.15, -0.1) is 0 Å². The van der Waals surface area contributed by atoms with Gasteiger partial charge in [-0.05, 0) is 39.3 Å². The number of anilines is 1. The van der Waals surface area contributed by atoms with Gasteiger partial charge in [0.25, 0.3) is 0 Å². The first-order chi connectivity index (χ1) is 13.3. The van der Waals surface area contributed by atoms with Crippen molar-refractivity contribution in [1.82, 2.24) is 9.88 Å². The molecular formula is C21H30ClN3O4. The zero-order chi connectivity index (χ0) is 22.0. The lowest BCUT2D eigenvalue weighted by molar-refractivity contribution is 0.0526. The Morgan fingerprint density at radius 3 is 2.38 bits per heavy atom. The van der Waals surface area contributed by atoms with Gasteiger partial charge in [-0.3, -0.25) is 5.32 Å². The van der Waals surface area contributed by atoms with Gasteiger partial charge < -0.3 is 19.7 Å². The molecule has 0 bridgehead atoms. The van der Waals surface area contributed by atoms with Crippen LogP contribution in [0.25, 0.3) is 10.9 Å². The molecule has 1 aromatic heterocycles. The van der Waals surface area contributed by atoms with E-state index in [-0.39, 0.29) is 5.41 Å². The van der Waals surface area contributed by atoms with Crippen LogP contribution in [0.4, 0.5) is 15.3 Å². The second-order valence-electron chi connectivity index (χ2n) is 8.98. The second kappa shape index (κ2) is 8.53. The molecule has 2 amide bonds. The average Bonchev–Trinajstić information content (AvgIpc) is 2.82. The lowest BCUT2D eigenvalue weighted by Gasteiger charge is -2.23. The van der Waals surface area contributed by atoms with Crippen molar-refractivity contribution in [1.29, 1.82) is 0 Å². The largest absolute Gasteiger partial charge is 0.465 e. The van der Waals surface area contributed by atoms with Gasteiger partial charge in [-0.25, -0.2) is 9.59 Å². The van der Waals surface area contributed by atoms with Crippen molar-refractivity contribution in [3.8, 4) is 0 Å². The smallest absolute Gasteiger partial charge is 0.409 e. The molecule has 0 unspecified atom stereocenters. The average molecular weight is 424 g/mol. The van der Waals surface area contributed by atoms with Crippen molar-refractivity contribution in [3.05, 3.63) is 28.9 Å². The summed E-state index contributed by atoms with van der Waals surface area (Å²) in [5, 5.41) is 15.6. The number of carboxylic acid groups (broad SMARTS) is 1. The highest BCUT2D eigenvalue weighted by molar-refractivity contribution is 6.38. The van der Waals surface area contributed by atoms with E-state index in [9.17, 15) is 9.59 Å². The highest BCUT2D eigenvalue weighted by Gasteiger charge is 2.27. The maximum atomic E-state index is 11.8. The number of amides is 2. The zero-order valence-corrected chi connectivity index (χ0v) is 18.6. The lowest BCUT2D eigenvalue weighted by Crippen LogP contribution is -2.33. The predicted molar refractivity (Wildman–Crippen MR) is 116 cm³/mol. The van der Waals surface area contributed by atoms with Crippen LogP contribution in [0, 0.1) is 0 Å². The van der Waals surface area contributed by atoms with Crippen LogP contribution >= 0.6 is 11.6 Å². The molecule has 0 aliphatic carbocycles. The molecule has 0 fully saturated rings. The standard InChI is InChI=1S/C21H30ClN3O4/c1-20(2,3)17-16(22)15-13(24-18(26)27)9-7-10-14(15)25(17)12-8-11-23-19(28)29-21(4,5)6/h7,9-10,24H,8,11-12H2,1-6H3,(H,23,28)(H,26,27). The topological polar surface area (TPSA) is 92.6 Å². The van der Waals surface area contributed by atoms with E-state index in [0.717, 1.165) is 11.2 Å². The molecule has 0 aliphatic rings. The number of halogens is 1. The number of carbonyl (C=O) groups is 2. The number of benzene rings is 1. The van der Waals surface area contributed by atoms with Gasteiger partial charge in [-0.1, -0.05) is 38.4 Å². The SMILES string of the molecule is CC(C)(C)OC(=O)NCCCn1c(C(C)(C)C)c(Cl)c2c(NC(=O)O)cccc21. The van der Waals surface area contributed by atoms with Crippen molar-refractivity contribution in [2.45, 2.75) is 65.5 Å². The second-order valence-corrected chi connectivity index (χ2v) is 9.35. The van der Waals surface area contributed by atoms with Gasteiger partial charge in [0, 0.05) is 29.6 Å². The summed E-state index contributed by atoms with van der Waals surface area (Å²) in [7, 11) is 0. The number of hydrogen-bond donors (Lipinski definition) is 3. The van der Waals surface area contributed by atoms with Gasteiger partial charge >= 0.3 is 12.2 Å². The maximum Gasteiger partial charge on any atom is 0.409 e. The van der Waals surface area contributed by atoms with E-state index in [0.29, 0.717) is 35.6 Å². The fraction of sp³-hybridized carbons (Fsp3) is 0.524. The van der Waals surface area contributed by atoms with Crippen LogP contribution in [0.5, 0.6) is 0 Å². The number of nitrogens with one attached hydrogen (secondary N) is 2. The van der Waals surface area contributed by atoms with Crippen LogP contribution < -0.4 is 10.6 Å². The number of rotatable bonds is 5. The van der Waals surface area contributed by atoms with Gasteiger partial charge in [0.15, 0.2) is 0 Å². The van der Waals surface area contributed by atoms with Crippen LogP contribution in [0.1, 0.15) is 53.7 Å². The third kappa shape index (κ3) is 5.79. The number of hydrogen-bond acceptors (Lipinski definition) is 3. The Kier molecular flexibility index (Phi) is 6.73. The summed E-state index contributed by atoms with van der Waals surface area (Å²) in [6, 6.07) is 5.42. The number of nitrogens with zero attached hydrogens (tertiary/aromatic N) is 1. The molecule has 29 heavy (non-hydrogen) atoms. The first-order valence-corrected chi connectivity index (χ1v) is 9.97. The number of carbonyl (C=O) groups excluding carboxylic acids is 1. The van der Waals surface area contributed by atoms with Gasteiger partial charge in [0.1, 0.15) is 5.60 Å². The first kappa shape index (κ1) is 22.9. The fourth-order valence-corrected chi connectivity index (χ4v) is 3.86. The Morgan fingerprint density at radius 1 is 1.17 bits per heavy atom. The van der Waals surface area contributed by atoms with Crippen molar-refractivity contribution < 1.29 is 19.4 Å². The molecule has 0 saturated carbocycles. The summed E-state index contributed by atoms with van der Waals surface area (Å²) in [6.45, 7) is 12.7. The van der Waals surface area contributed by atoms with Crippen LogP contribution in [-0.2, 0) is 16.7 Å². The molecule has 0 spiro atoms. The summed E-state index contributed by atoms with van der Waals surface area (Å²) in [6.07, 6.45) is -0.920. The molecule has 0 aliphatic heterocycles. The molecule has 3 N–H and O–H groups in total. The Balaban J connectivity index is 2.30.